The molecular formula is C18H30N6O2S. The van der Waals surface area contributed by atoms with Crippen molar-refractivity contribution < 1.29 is 8.42 Å². The van der Waals surface area contributed by atoms with Gasteiger partial charge in [0.05, 0.1) is 23.1 Å². The fourth-order valence-corrected chi connectivity index (χ4v) is 5.55. The van der Waals surface area contributed by atoms with Crippen molar-refractivity contribution in [3.8, 4) is 0 Å². The first kappa shape index (κ1) is 20.0. The monoisotopic (exact) mass is 394 g/mol. The number of sulfonamides is 1. The number of hydrogen-bond acceptors (Lipinski definition) is 5. The third kappa shape index (κ3) is 3.95. The van der Waals surface area contributed by atoms with Crippen molar-refractivity contribution in [1.29, 1.82) is 0 Å². The van der Waals surface area contributed by atoms with Crippen molar-refractivity contribution >= 4 is 10.0 Å². The average molecular weight is 395 g/mol. The Hall–Kier alpha value is -1.71. The van der Waals surface area contributed by atoms with E-state index in [2.05, 4.69) is 15.1 Å². The van der Waals surface area contributed by atoms with E-state index in [1.165, 1.54) is 0 Å². The van der Waals surface area contributed by atoms with Crippen molar-refractivity contribution in [2.75, 3.05) is 20.6 Å². The number of aromatic nitrogens is 4. The smallest absolute Gasteiger partial charge is 0.247 e. The van der Waals surface area contributed by atoms with Crippen molar-refractivity contribution in [2.45, 2.75) is 57.1 Å². The van der Waals surface area contributed by atoms with E-state index >= 15 is 0 Å². The van der Waals surface area contributed by atoms with Crippen LogP contribution in [0.5, 0.6) is 0 Å². The number of rotatable bonds is 7. The molecule has 1 fully saturated rings. The van der Waals surface area contributed by atoms with Gasteiger partial charge >= 0.3 is 0 Å². The molecular weight excluding hydrogens is 364 g/mol. The normalized spacial score (nSPS) is 18.7. The molecule has 0 radical (unpaired) electrons. The second-order valence-electron chi connectivity index (χ2n) is 7.54. The third-order valence-corrected chi connectivity index (χ3v) is 6.97. The maximum atomic E-state index is 13.4. The van der Waals surface area contributed by atoms with Gasteiger partial charge in [-0.15, -0.1) is 0 Å². The minimum absolute atomic E-state index is 0.217. The van der Waals surface area contributed by atoms with Crippen LogP contribution in [0.25, 0.3) is 0 Å². The zero-order valence-corrected chi connectivity index (χ0v) is 17.7. The number of aryl methyl sites for hydroxylation is 3. The van der Waals surface area contributed by atoms with E-state index in [0.717, 1.165) is 37.2 Å². The number of nitrogens with zero attached hydrogens (tertiary/aromatic N) is 6. The first-order chi connectivity index (χ1) is 12.7. The topological polar surface area (TPSA) is 76.3 Å². The van der Waals surface area contributed by atoms with Crippen LogP contribution in [0.4, 0.5) is 0 Å². The molecule has 0 bridgehead atoms. The highest BCUT2D eigenvalue weighted by atomic mass is 32.2. The van der Waals surface area contributed by atoms with Crippen molar-refractivity contribution in [3.63, 3.8) is 0 Å². The van der Waals surface area contributed by atoms with Gasteiger partial charge in [-0.05, 0) is 46.3 Å². The molecule has 1 unspecified atom stereocenters. The maximum Gasteiger partial charge on any atom is 0.247 e. The van der Waals surface area contributed by atoms with Crippen LogP contribution in [-0.2, 0) is 30.2 Å². The molecule has 0 aromatic carbocycles. The van der Waals surface area contributed by atoms with Gasteiger partial charge in [-0.2, -0.15) is 14.5 Å². The molecule has 9 heteroatoms. The van der Waals surface area contributed by atoms with E-state index in [-0.39, 0.29) is 6.04 Å². The highest BCUT2D eigenvalue weighted by Gasteiger charge is 2.39. The van der Waals surface area contributed by atoms with Crippen LogP contribution < -0.4 is 0 Å². The molecule has 3 heterocycles. The predicted molar refractivity (Wildman–Crippen MR) is 104 cm³/mol. The van der Waals surface area contributed by atoms with Crippen molar-refractivity contribution in [2.24, 2.45) is 7.05 Å². The summed E-state index contributed by atoms with van der Waals surface area (Å²) in [5.41, 5.74) is 2.46. The molecule has 8 nitrogen and oxygen atoms in total. The summed E-state index contributed by atoms with van der Waals surface area (Å²) < 4.78 is 31.9. The van der Waals surface area contributed by atoms with E-state index in [4.69, 9.17) is 0 Å². The Kier molecular flexibility index (Phi) is 5.73. The predicted octanol–water partition coefficient (Wildman–Crippen LogP) is 1.92. The molecule has 1 saturated heterocycles. The Morgan fingerprint density at radius 1 is 1.30 bits per heavy atom. The summed E-state index contributed by atoms with van der Waals surface area (Å²) in [4.78, 5) is 2.39. The van der Waals surface area contributed by atoms with Gasteiger partial charge in [0.2, 0.25) is 10.0 Å². The highest BCUT2D eigenvalue weighted by molar-refractivity contribution is 7.89. The van der Waals surface area contributed by atoms with Crippen LogP contribution >= 0.6 is 0 Å². The summed E-state index contributed by atoms with van der Waals surface area (Å²) in [6, 6.07) is 1.82. The molecule has 2 aromatic rings. The van der Waals surface area contributed by atoms with Gasteiger partial charge in [0.1, 0.15) is 4.90 Å². The van der Waals surface area contributed by atoms with Crippen LogP contribution in [0, 0.1) is 6.92 Å². The molecule has 0 amide bonds. The van der Waals surface area contributed by atoms with Crippen LogP contribution in [0.15, 0.2) is 17.2 Å². The van der Waals surface area contributed by atoms with E-state index < -0.39 is 10.0 Å². The highest BCUT2D eigenvalue weighted by Crippen LogP contribution is 2.36. The molecule has 150 valence electrons. The molecule has 2 aromatic heterocycles. The van der Waals surface area contributed by atoms with E-state index in [1.54, 1.807) is 22.1 Å². The zero-order chi connectivity index (χ0) is 19.8. The lowest BCUT2D eigenvalue weighted by Crippen LogP contribution is -2.31. The molecule has 1 atom stereocenters. The van der Waals surface area contributed by atoms with Crippen LogP contribution in [0.2, 0.25) is 0 Å². The van der Waals surface area contributed by atoms with E-state index in [0.29, 0.717) is 23.7 Å². The van der Waals surface area contributed by atoms with Crippen LogP contribution in [0.1, 0.15) is 49.3 Å². The quantitative estimate of drug-likeness (QED) is 0.717. The lowest BCUT2D eigenvalue weighted by Gasteiger charge is -2.22. The lowest BCUT2D eigenvalue weighted by molar-refractivity contribution is 0.384. The van der Waals surface area contributed by atoms with Crippen molar-refractivity contribution in [3.05, 3.63) is 29.3 Å². The minimum atomic E-state index is -3.60. The summed E-state index contributed by atoms with van der Waals surface area (Å²) in [6.45, 7) is 5.82. The minimum Gasteiger partial charge on any atom is -0.304 e. The molecule has 0 aliphatic carbocycles. The fourth-order valence-electron chi connectivity index (χ4n) is 3.71. The summed E-state index contributed by atoms with van der Waals surface area (Å²) in [5, 5.41) is 9.00. The van der Waals surface area contributed by atoms with Gasteiger partial charge in [-0.1, -0.05) is 6.92 Å². The second-order valence-corrected chi connectivity index (χ2v) is 9.40. The summed E-state index contributed by atoms with van der Waals surface area (Å²) in [7, 11) is 2.33. The van der Waals surface area contributed by atoms with Crippen LogP contribution in [0.3, 0.4) is 0 Å². The largest absolute Gasteiger partial charge is 0.304 e. The molecule has 3 rings (SSSR count). The van der Waals surface area contributed by atoms with Gasteiger partial charge in [-0.3, -0.25) is 9.36 Å². The summed E-state index contributed by atoms with van der Waals surface area (Å²) in [6.07, 6.45) is 4.21. The van der Waals surface area contributed by atoms with Gasteiger partial charge in [-0.25, -0.2) is 8.42 Å². The van der Waals surface area contributed by atoms with Gasteiger partial charge < -0.3 is 4.90 Å². The second kappa shape index (κ2) is 7.73. The van der Waals surface area contributed by atoms with Gasteiger partial charge in [0.15, 0.2) is 0 Å². The molecule has 27 heavy (non-hydrogen) atoms. The molecule has 0 N–H and O–H groups in total. The van der Waals surface area contributed by atoms with E-state index in [9.17, 15) is 8.42 Å². The standard InChI is InChI=1S/C18H30N6O2S/c1-6-9-23-13-18(14(2)19-23)27(25,26)24-10-7-8-17(24)16-11-15(12-21(3)4)22(5)20-16/h11,13,17H,6-10,12H2,1-5H3. The van der Waals surface area contributed by atoms with Gasteiger partial charge in [0, 0.05) is 32.9 Å². The zero-order valence-electron chi connectivity index (χ0n) is 16.9. The SMILES string of the molecule is CCCn1cc(S(=O)(=O)N2CCCC2c2cc(CN(C)C)n(C)n2)c(C)n1. The van der Waals surface area contributed by atoms with Gasteiger partial charge in [0.25, 0.3) is 0 Å². The Labute approximate surface area is 161 Å². The summed E-state index contributed by atoms with van der Waals surface area (Å²) in [5.74, 6) is 0. The molecule has 0 saturated carbocycles. The Morgan fingerprint density at radius 2 is 2.04 bits per heavy atom. The van der Waals surface area contributed by atoms with E-state index in [1.807, 2.05) is 38.8 Å². The molecule has 1 aliphatic heterocycles. The average Bonchev–Trinajstić information content (AvgIpc) is 3.27. The summed E-state index contributed by atoms with van der Waals surface area (Å²) >= 11 is 0. The Bertz CT molecular complexity index is 899. The lowest BCUT2D eigenvalue weighted by atomic mass is 10.1. The molecule has 1 aliphatic rings. The Balaban J connectivity index is 1.92. The number of hydrogen-bond donors (Lipinski definition) is 0. The molecule has 0 spiro atoms. The van der Waals surface area contributed by atoms with Crippen molar-refractivity contribution in [1.82, 2.24) is 28.8 Å². The fraction of sp³-hybridized carbons (Fsp3) is 0.667. The Morgan fingerprint density at radius 3 is 2.70 bits per heavy atom. The maximum absolute atomic E-state index is 13.4. The first-order valence-electron chi connectivity index (χ1n) is 9.47. The van der Waals surface area contributed by atoms with Crippen LogP contribution in [-0.4, -0.2) is 57.8 Å². The third-order valence-electron chi connectivity index (χ3n) is 4.96. The first-order valence-corrected chi connectivity index (χ1v) is 10.9.